The third kappa shape index (κ3) is 5.20. The maximum absolute atomic E-state index is 12.2. The lowest BCUT2D eigenvalue weighted by molar-refractivity contribution is 0.0471. The number of hydrogen-bond donors (Lipinski definition) is 1. The van der Waals surface area contributed by atoms with Crippen LogP contribution < -0.4 is 4.74 Å². The summed E-state index contributed by atoms with van der Waals surface area (Å²) in [5, 5.41) is 9.73. The molecule has 0 aromatic heterocycles. The first kappa shape index (κ1) is 19.6. The lowest BCUT2D eigenvalue weighted by atomic mass is 10.1. The normalized spacial score (nSPS) is 10.3. The first-order chi connectivity index (χ1) is 13.5. The predicted octanol–water partition coefficient (Wildman–Crippen LogP) is 4.77. The van der Waals surface area contributed by atoms with Crippen molar-refractivity contribution in [3.05, 3.63) is 94.0 Å². The van der Waals surface area contributed by atoms with E-state index in [0.717, 1.165) is 5.56 Å². The number of benzene rings is 3. The van der Waals surface area contributed by atoms with Gasteiger partial charge in [-0.05, 0) is 48.0 Å². The topological polar surface area (TPSA) is 72.8 Å². The molecule has 1 N–H and O–H groups in total. The number of aromatic hydroxyl groups is 1. The largest absolute Gasteiger partial charge is 0.507 e. The highest BCUT2D eigenvalue weighted by molar-refractivity contribution is 9.10. The Hall–Kier alpha value is -3.12. The van der Waals surface area contributed by atoms with Crippen molar-refractivity contribution in [3.63, 3.8) is 0 Å². The number of Topliss-reactive ketones (excluding diaryl/α,β-unsaturated/α-hetero) is 1. The van der Waals surface area contributed by atoms with Crippen molar-refractivity contribution in [1.29, 1.82) is 0 Å². The summed E-state index contributed by atoms with van der Waals surface area (Å²) in [7, 11) is 0. The molecule has 3 aromatic carbocycles. The number of hydrogen-bond acceptors (Lipinski definition) is 5. The number of ketones is 1. The minimum absolute atomic E-state index is 0.00756. The van der Waals surface area contributed by atoms with Crippen molar-refractivity contribution < 1.29 is 24.2 Å². The number of carbonyl (C=O) groups is 2. The first-order valence-electron chi connectivity index (χ1n) is 8.48. The first-order valence-corrected chi connectivity index (χ1v) is 9.28. The molecule has 0 saturated carbocycles. The number of halogens is 1. The third-order valence-electron chi connectivity index (χ3n) is 3.94. The van der Waals surface area contributed by atoms with E-state index in [9.17, 15) is 14.7 Å². The molecule has 0 atom stereocenters. The van der Waals surface area contributed by atoms with Crippen molar-refractivity contribution in [3.8, 4) is 11.5 Å². The maximum Gasteiger partial charge on any atom is 0.342 e. The Morgan fingerprint density at radius 3 is 2.36 bits per heavy atom. The van der Waals surface area contributed by atoms with E-state index in [4.69, 9.17) is 9.47 Å². The molecule has 0 saturated heterocycles. The van der Waals surface area contributed by atoms with Gasteiger partial charge in [0.2, 0.25) is 0 Å². The van der Waals surface area contributed by atoms with E-state index in [1.54, 1.807) is 30.3 Å². The van der Waals surface area contributed by atoms with Gasteiger partial charge in [0, 0.05) is 10.0 Å². The SMILES string of the molecule is O=C(COC(=O)c1cc(Br)ccc1O)c1ccc(OCc2ccccc2)cc1. The summed E-state index contributed by atoms with van der Waals surface area (Å²) >= 11 is 3.22. The van der Waals surface area contributed by atoms with Gasteiger partial charge in [-0.2, -0.15) is 0 Å². The van der Waals surface area contributed by atoms with Crippen LogP contribution in [0.4, 0.5) is 0 Å². The second-order valence-electron chi connectivity index (χ2n) is 5.96. The van der Waals surface area contributed by atoms with E-state index in [0.29, 0.717) is 22.4 Å². The highest BCUT2D eigenvalue weighted by atomic mass is 79.9. The third-order valence-corrected chi connectivity index (χ3v) is 4.43. The monoisotopic (exact) mass is 440 g/mol. The van der Waals surface area contributed by atoms with Crippen molar-refractivity contribution in [2.24, 2.45) is 0 Å². The number of esters is 1. The minimum Gasteiger partial charge on any atom is -0.507 e. The molecule has 5 nitrogen and oxygen atoms in total. The second-order valence-corrected chi connectivity index (χ2v) is 6.88. The molecular formula is C22H17BrO5. The number of carbonyl (C=O) groups excluding carboxylic acids is 2. The van der Waals surface area contributed by atoms with Crippen LogP contribution in [0.1, 0.15) is 26.3 Å². The van der Waals surface area contributed by atoms with Crippen LogP contribution in [0, 0.1) is 0 Å². The van der Waals surface area contributed by atoms with E-state index in [1.165, 1.54) is 12.1 Å². The Kier molecular flexibility index (Phi) is 6.45. The summed E-state index contributed by atoms with van der Waals surface area (Å²) < 4.78 is 11.3. The molecule has 0 unspecified atom stereocenters. The Balaban J connectivity index is 1.54. The van der Waals surface area contributed by atoms with Crippen molar-refractivity contribution >= 4 is 27.7 Å². The number of rotatable bonds is 7. The van der Waals surface area contributed by atoms with E-state index < -0.39 is 12.6 Å². The number of ether oxygens (including phenoxy) is 2. The smallest absolute Gasteiger partial charge is 0.342 e. The molecule has 6 heteroatoms. The quantitative estimate of drug-likeness (QED) is 0.422. The molecule has 0 aliphatic heterocycles. The maximum atomic E-state index is 12.2. The Bertz CT molecular complexity index is 968. The summed E-state index contributed by atoms with van der Waals surface area (Å²) in [4.78, 5) is 24.3. The van der Waals surface area contributed by atoms with Gasteiger partial charge in [-0.25, -0.2) is 4.79 Å². The molecule has 0 fully saturated rings. The second kappa shape index (κ2) is 9.19. The average molecular weight is 441 g/mol. The van der Waals surface area contributed by atoms with Gasteiger partial charge < -0.3 is 14.6 Å². The van der Waals surface area contributed by atoms with Gasteiger partial charge in [0.05, 0.1) is 0 Å². The lowest BCUT2D eigenvalue weighted by Gasteiger charge is -2.08. The molecule has 0 amide bonds. The number of phenols is 1. The highest BCUT2D eigenvalue weighted by Gasteiger charge is 2.15. The summed E-state index contributed by atoms with van der Waals surface area (Å²) in [5.41, 5.74) is 1.44. The molecule has 142 valence electrons. The molecule has 0 radical (unpaired) electrons. The fourth-order valence-electron chi connectivity index (χ4n) is 2.44. The summed E-state index contributed by atoms with van der Waals surface area (Å²) in [6, 6.07) is 20.8. The van der Waals surface area contributed by atoms with Crippen LogP contribution in [0.2, 0.25) is 0 Å². The zero-order valence-electron chi connectivity index (χ0n) is 14.8. The Labute approximate surface area is 170 Å². The van der Waals surface area contributed by atoms with Crippen LogP contribution in [0.25, 0.3) is 0 Å². The van der Waals surface area contributed by atoms with Gasteiger partial charge in [0.25, 0.3) is 0 Å². The fourth-order valence-corrected chi connectivity index (χ4v) is 2.80. The van der Waals surface area contributed by atoms with Crippen molar-refractivity contribution in [2.75, 3.05) is 6.61 Å². The van der Waals surface area contributed by atoms with Gasteiger partial charge >= 0.3 is 5.97 Å². The van der Waals surface area contributed by atoms with Crippen LogP contribution in [0.5, 0.6) is 11.5 Å². The molecule has 28 heavy (non-hydrogen) atoms. The summed E-state index contributed by atoms with van der Waals surface area (Å²) in [6.45, 7) is 0.0108. The van der Waals surface area contributed by atoms with Gasteiger partial charge in [0.1, 0.15) is 23.7 Å². The molecule has 0 bridgehead atoms. The molecule has 3 rings (SSSR count). The minimum atomic E-state index is -0.769. The van der Waals surface area contributed by atoms with Crippen LogP contribution >= 0.6 is 15.9 Å². The molecule has 0 spiro atoms. The van der Waals surface area contributed by atoms with Gasteiger partial charge in [-0.1, -0.05) is 46.3 Å². The lowest BCUT2D eigenvalue weighted by Crippen LogP contribution is -2.14. The van der Waals surface area contributed by atoms with Gasteiger partial charge in [-0.15, -0.1) is 0 Å². The van der Waals surface area contributed by atoms with Crippen LogP contribution in [-0.4, -0.2) is 23.5 Å². The van der Waals surface area contributed by atoms with E-state index in [1.807, 2.05) is 30.3 Å². The zero-order chi connectivity index (χ0) is 19.9. The molecular weight excluding hydrogens is 424 g/mol. The molecule has 0 aliphatic carbocycles. The standard InChI is InChI=1S/C22H17BrO5/c23-17-8-11-20(24)19(12-17)22(26)28-14-21(25)16-6-9-18(10-7-16)27-13-15-4-2-1-3-5-15/h1-12,24H,13-14H2. The van der Waals surface area contributed by atoms with Crippen molar-refractivity contribution in [2.45, 2.75) is 6.61 Å². The van der Waals surface area contributed by atoms with E-state index >= 15 is 0 Å². The Morgan fingerprint density at radius 2 is 1.64 bits per heavy atom. The van der Waals surface area contributed by atoms with Crippen LogP contribution in [-0.2, 0) is 11.3 Å². The van der Waals surface area contributed by atoms with Gasteiger partial charge in [0.15, 0.2) is 12.4 Å². The molecule has 3 aromatic rings. The van der Waals surface area contributed by atoms with Gasteiger partial charge in [-0.3, -0.25) is 4.79 Å². The Morgan fingerprint density at radius 1 is 0.929 bits per heavy atom. The summed E-state index contributed by atoms with van der Waals surface area (Å²) in [6.07, 6.45) is 0. The van der Waals surface area contributed by atoms with Crippen LogP contribution in [0.3, 0.4) is 0 Å². The molecule has 0 heterocycles. The average Bonchev–Trinajstić information content (AvgIpc) is 2.73. The number of phenolic OH excluding ortho intramolecular Hbond substituents is 1. The fraction of sp³-hybridized carbons (Fsp3) is 0.0909. The van der Waals surface area contributed by atoms with E-state index in [-0.39, 0.29) is 17.1 Å². The predicted molar refractivity (Wildman–Crippen MR) is 108 cm³/mol. The van der Waals surface area contributed by atoms with Crippen molar-refractivity contribution in [1.82, 2.24) is 0 Å². The summed E-state index contributed by atoms with van der Waals surface area (Å²) in [5.74, 6) is -0.690. The molecule has 0 aliphatic rings. The van der Waals surface area contributed by atoms with E-state index in [2.05, 4.69) is 15.9 Å². The van der Waals surface area contributed by atoms with Crippen LogP contribution in [0.15, 0.2) is 77.3 Å². The zero-order valence-corrected chi connectivity index (χ0v) is 16.4. The highest BCUT2D eigenvalue weighted by Crippen LogP contribution is 2.22.